The molecule has 0 aromatic heterocycles. The van der Waals surface area contributed by atoms with Gasteiger partial charge in [0.25, 0.3) is 0 Å². The van der Waals surface area contributed by atoms with Crippen molar-refractivity contribution in [1.29, 1.82) is 0 Å². The van der Waals surface area contributed by atoms with Gasteiger partial charge in [-0.25, -0.2) is 0 Å². The van der Waals surface area contributed by atoms with E-state index in [4.69, 9.17) is 5.84 Å². The molecule has 1 saturated heterocycles. The van der Waals surface area contributed by atoms with Crippen molar-refractivity contribution in [3.05, 3.63) is 5.84 Å². The largest absolute Gasteiger partial charge is 1.00 e. The molecule has 3 nitrogen and oxygen atoms in total. The summed E-state index contributed by atoms with van der Waals surface area (Å²) < 4.78 is 0. The first-order chi connectivity index (χ1) is 3.79. The van der Waals surface area contributed by atoms with E-state index in [1.165, 1.54) is 0 Å². The molecule has 0 spiro atoms. The van der Waals surface area contributed by atoms with Gasteiger partial charge >= 0.3 is 18.9 Å². The van der Waals surface area contributed by atoms with Crippen molar-refractivity contribution in [1.82, 2.24) is 9.91 Å². The third kappa shape index (κ3) is 3.24. The van der Waals surface area contributed by atoms with E-state index < -0.39 is 0 Å². The minimum absolute atomic E-state index is 0. The molecule has 1 aliphatic heterocycles. The SMILES string of the molecule is CN1CCN([NH-])CC1.[Li+]. The van der Waals surface area contributed by atoms with Crippen molar-refractivity contribution in [3.63, 3.8) is 0 Å². The summed E-state index contributed by atoms with van der Waals surface area (Å²) >= 11 is 0. The Morgan fingerprint density at radius 2 is 1.56 bits per heavy atom. The van der Waals surface area contributed by atoms with Crippen LogP contribution in [0.2, 0.25) is 0 Å². The third-order valence-corrected chi connectivity index (χ3v) is 1.50. The quantitative estimate of drug-likeness (QED) is 0.324. The van der Waals surface area contributed by atoms with Crippen molar-refractivity contribution in [2.45, 2.75) is 0 Å². The number of hydrogen-bond donors (Lipinski definition) is 0. The molecule has 0 bridgehead atoms. The van der Waals surface area contributed by atoms with Gasteiger partial charge in [-0.15, -0.1) is 0 Å². The van der Waals surface area contributed by atoms with Crippen molar-refractivity contribution in [2.24, 2.45) is 0 Å². The summed E-state index contributed by atoms with van der Waals surface area (Å²) in [7, 11) is 2.09. The van der Waals surface area contributed by atoms with Crippen LogP contribution in [0.25, 0.3) is 5.84 Å². The maximum atomic E-state index is 7.17. The van der Waals surface area contributed by atoms with E-state index >= 15 is 0 Å². The van der Waals surface area contributed by atoms with E-state index in [1.54, 1.807) is 5.01 Å². The molecule has 1 aliphatic rings. The van der Waals surface area contributed by atoms with Gasteiger partial charge in [-0.05, 0) is 20.1 Å². The van der Waals surface area contributed by atoms with Crippen LogP contribution in [0.5, 0.6) is 0 Å². The molecular formula is C5H12LiN3. The zero-order valence-electron chi connectivity index (χ0n) is 6.22. The van der Waals surface area contributed by atoms with Crippen LogP contribution >= 0.6 is 0 Å². The number of hydrogen-bond acceptors (Lipinski definition) is 2. The van der Waals surface area contributed by atoms with Crippen molar-refractivity contribution in [2.75, 3.05) is 33.2 Å². The standard InChI is InChI=1S/C5H12N3.Li/c1-7-2-4-8(6)5-3-7;/h6H,2-5H2,1H3;/q-1;+1. The summed E-state index contributed by atoms with van der Waals surface area (Å²) in [6, 6.07) is 0. The Balaban J connectivity index is 0.000000640. The topological polar surface area (TPSA) is 30.3 Å². The van der Waals surface area contributed by atoms with E-state index in [1.807, 2.05) is 0 Å². The Kier molecular flexibility index (Phi) is 4.55. The minimum Gasteiger partial charge on any atom is -0.610 e. The minimum atomic E-state index is 0. The van der Waals surface area contributed by atoms with Crippen LogP contribution in [0.4, 0.5) is 0 Å². The molecule has 0 aromatic rings. The Labute approximate surface area is 68.3 Å². The molecule has 1 rings (SSSR count). The fourth-order valence-corrected chi connectivity index (χ4v) is 0.806. The molecule has 0 atom stereocenters. The van der Waals surface area contributed by atoms with Gasteiger partial charge in [0.1, 0.15) is 0 Å². The van der Waals surface area contributed by atoms with Gasteiger partial charge < -0.3 is 15.8 Å². The number of rotatable bonds is 0. The van der Waals surface area contributed by atoms with Crippen molar-refractivity contribution < 1.29 is 18.9 Å². The fourth-order valence-electron chi connectivity index (χ4n) is 0.806. The second-order valence-corrected chi connectivity index (χ2v) is 2.29. The maximum Gasteiger partial charge on any atom is 1.00 e. The number of nitrogens with one attached hydrogen (secondary N) is 1. The first-order valence-corrected chi connectivity index (χ1v) is 2.94. The zero-order chi connectivity index (χ0) is 5.98. The van der Waals surface area contributed by atoms with Gasteiger partial charge in [-0.2, -0.15) is 0 Å². The Bertz CT molecular complexity index is 60.6. The third-order valence-electron chi connectivity index (χ3n) is 1.50. The van der Waals surface area contributed by atoms with Crippen LogP contribution in [-0.2, 0) is 0 Å². The zero-order valence-corrected chi connectivity index (χ0v) is 6.22. The van der Waals surface area contributed by atoms with Crippen LogP contribution < -0.4 is 18.9 Å². The van der Waals surface area contributed by atoms with Crippen LogP contribution in [0.15, 0.2) is 0 Å². The van der Waals surface area contributed by atoms with Gasteiger partial charge in [-0.1, -0.05) is 0 Å². The molecule has 9 heavy (non-hydrogen) atoms. The van der Waals surface area contributed by atoms with E-state index in [0.29, 0.717) is 0 Å². The Morgan fingerprint density at radius 3 is 1.89 bits per heavy atom. The van der Waals surface area contributed by atoms with Gasteiger partial charge in [-0.3, -0.25) is 0 Å². The molecule has 4 heteroatoms. The van der Waals surface area contributed by atoms with Crippen LogP contribution in [-0.4, -0.2) is 43.1 Å². The summed E-state index contributed by atoms with van der Waals surface area (Å²) in [6.07, 6.45) is 0. The van der Waals surface area contributed by atoms with Crippen LogP contribution in [0, 0.1) is 0 Å². The summed E-state index contributed by atoms with van der Waals surface area (Å²) in [4.78, 5) is 2.24. The number of likely N-dealkylation sites (N-methyl/N-ethyl adjacent to an activating group) is 1. The Hall–Kier alpha value is 0.477. The monoisotopic (exact) mass is 121 g/mol. The first-order valence-electron chi connectivity index (χ1n) is 2.94. The second-order valence-electron chi connectivity index (χ2n) is 2.29. The van der Waals surface area contributed by atoms with Crippen LogP contribution in [0.1, 0.15) is 0 Å². The summed E-state index contributed by atoms with van der Waals surface area (Å²) in [6.45, 7) is 3.89. The first kappa shape index (κ1) is 9.48. The molecule has 0 unspecified atom stereocenters. The maximum absolute atomic E-state index is 7.17. The van der Waals surface area contributed by atoms with Crippen molar-refractivity contribution in [3.8, 4) is 0 Å². The summed E-state index contributed by atoms with van der Waals surface area (Å²) in [5.41, 5.74) is 0. The molecular weight excluding hydrogens is 109 g/mol. The molecule has 1 heterocycles. The molecule has 0 saturated carbocycles. The smallest absolute Gasteiger partial charge is 0.610 e. The molecule has 0 aromatic carbocycles. The van der Waals surface area contributed by atoms with Gasteiger partial charge in [0.15, 0.2) is 0 Å². The summed E-state index contributed by atoms with van der Waals surface area (Å²) in [5.74, 6) is 7.17. The molecule has 0 radical (unpaired) electrons. The van der Waals surface area contributed by atoms with E-state index in [0.717, 1.165) is 26.2 Å². The number of nitrogens with zero attached hydrogens (tertiary/aromatic N) is 2. The van der Waals surface area contributed by atoms with Gasteiger partial charge in [0.05, 0.1) is 0 Å². The predicted octanol–water partition coefficient (Wildman–Crippen LogP) is -2.79. The van der Waals surface area contributed by atoms with Crippen LogP contribution in [0.3, 0.4) is 0 Å². The number of piperazine rings is 1. The fraction of sp³-hybridized carbons (Fsp3) is 1.00. The molecule has 0 amide bonds. The summed E-state index contributed by atoms with van der Waals surface area (Å²) in [5, 5.41) is 1.61. The van der Waals surface area contributed by atoms with Gasteiger partial charge in [0, 0.05) is 13.1 Å². The normalized spacial score (nSPS) is 23.3. The van der Waals surface area contributed by atoms with Crippen molar-refractivity contribution >= 4 is 0 Å². The molecule has 48 valence electrons. The molecule has 1 N–H and O–H groups in total. The average molecular weight is 121 g/mol. The van der Waals surface area contributed by atoms with E-state index in [2.05, 4.69) is 11.9 Å². The van der Waals surface area contributed by atoms with Gasteiger partial charge in [0.2, 0.25) is 0 Å². The van der Waals surface area contributed by atoms with E-state index in [-0.39, 0.29) is 18.9 Å². The molecule has 1 fully saturated rings. The average Bonchev–Trinajstić information content (AvgIpc) is 1.77. The Morgan fingerprint density at radius 1 is 1.11 bits per heavy atom. The predicted molar refractivity (Wildman–Crippen MR) is 33.4 cm³/mol. The second kappa shape index (κ2) is 4.32. The molecule has 0 aliphatic carbocycles. The van der Waals surface area contributed by atoms with E-state index in [9.17, 15) is 0 Å².